The van der Waals surface area contributed by atoms with Gasteiger partial charge in [-0.3, -0.25) is 0 Å². The van der Waals surface area contributed by atoms with Gasteiger partial charge in [0.1, 0.15) is 6.07 Å². The first-order valence-electron chi connectivity index (χ1n) is 4.83. The van der Waals surface area contributed by atoms with Gasteiger partial charge in [-0.1, -0.05) is 0 Å². The average Bonchev–Trinajstić information content (AvgIpc) is 3.00. The molecular formula is C11H13N3. The highest BCUT2D eigenvalue weighted by atomic mass is 14.9. The van der Waals surface area contributed by atoms with Crippen molar-refractivity contribution in [3.8, 4) is 6.07 Å². The van der Waals surface area contributed by atoms with Gasteiger partial charge >= 0.3 is 0 Å². The van der Waals surface area contributed by atoms with E-state index in [0.29, 0.717) is 11.3 Å². The quantitative estimate of drug-likeness (QED) is 0.711. The highest BCUT2D eigenvalue weighted by Gasteiger charge is 2.20. The molecule has 0 heterocycles. The highest BCUT2D eigenvalue weighted by molar-refractivity contribution is 5.61. The zero-order valence-corrected chi connectivity index (χ0v) is 7.96. The van der Waals surface area contributed by atoms with Crippen molar-refractivity contribution in [2.75, 3.05) is 17.6 Å². The third-order valence-corrected chi connectivity index (χ3v) is 2.47. The first-order valence-corrected chi connectivity index (χ1v) is 4.83. The van der Waals surface area contributed by atoms with Gasteiger partial charge in [-0.2, -0.15) is 5.26 Å². The molecule has 0 amide bonds. The molecule has 14 heavy (non-hydrogen) atoms. The topological polar surface area (TPSA) is 61.8 Å². The van der Waals surface area contributed by atoms with E-state index in [-0.39, 0.29) is 0 Å². The standard InChI is InChI=1S/C11H13N3/c12-6-9-5-10(3-4-11(9)13)14-7-8-1-2-8/h3-5,8,14H,1-2,7,13H2. The van der Waals surface area contributed by atoms with Crippen LogP contribution in [0.2, 0.25) is 0 Å². The van der Waals surface area contributed by atoms with Crippen molar-refractivity contribution in [2.24, 2.45) is 5.92 Å². The number of nitriles is 1. The van der Waals surface area contributed by atoms with E-state index in [0.717, 1.165) is 18.2 Å². The lowest BCUT2D eigenvalue weighted by molar-refractivity contribution is 0.889. The summed E-state index contributed by atoms with van der Waals surface area (Å²) in [5, 5.41) is 12.1. The van der Waals surface area contributed by atoms with Gasteiger partial charge in [-0.15, -0.1) is 0 Å². The van der Waals surface area contributed by atoms with Crippen LogP contribution in [-0.2, 0) is 0 Å². The number of hydrogen-bond acceptors (Lipinski definition) is 3. The molecule has 0 atom stereocenters. The highest BCUT2D eigenvalue weighted by Crippen LogP contribution is 2.29. The summed E-state index contributed by atoms with van der Waals surface area (Å²) in [6, 6.07) is 7.56. The molecule has 1 aliphatic carbocycles. The Hall–Kier alpha value is -1.69. The third-order valence-electron chi connectivity index (χ3n) is 2.47. The minimum atomic E-state index is 0.546. The Balaban J connectivity index is 2.06. The van der Waals surface area contributed by atoms with E-state index in [4.69, 9.17) is 11.0 Å². The SMILES string of the molecule is N#Cc1cc(NCC2CC2)ccc1N. The van der Waals surface area contributed by atoms with Gasteiger partial charge < -0.3 is 11.1 Å². The fraction of sp³-hybridized carbons (Fsp3) is 0.364. The van der Waals surface area contributed by atoms with E-state index in [9.17, 15) is 0 Å². The maximum absolute atomic E-state index is 8.77. The fourth-order valence-corrected chi connectivity index (χ4v) is 1.35. The summed E-state index contributed by atoms with van der Waals surface area (Å²) in [6.07, 6.45) is 2.65. The monoisotopic (exact) mass is 187 g/mol. The molecule has 3 nitrogen and oxygen atoms in total. The molecule has 0 aromatic heterocycles. The second-order valence-corrected chi connectivity index (χ2v) is 3.74. The van der Waals surface area contributed by atoms with Crippen molar-refractivity contribution in [2.45, 2.75) is 12.8 Å². The molecule has 0 saturated heterocycles. The van der Waals surface area contributed by atoms with Crippen molar-refractivity contribution in [3.05, 3.63) is 23.8 Å². The molecule has 1 fully saturated rings. The van der Waals surface area contributed by atoms with Crippen molar-refractivity contribution < 1.29 is 0 Å². The normalized spacial score (nSPS) is 14.8. The van der Waals surface area contributed by atoms with Crippen LogP contribution in [0.25, 0.3) is 0 Å². The summed E-state index contributed by atoms with van der Waals surface area (Å²) in [6.45, 7) is 1.01. The van der Waals surface area contributed by atoms with Crippen molar-refractivity contribution in [1.82, 2.24) is 0 Å². The summed E-state index contributed by atoms with van der Waals surface area (Å²) in [5.74, 6) is 0.832. The van der Waals surface area contributed by atoms with Gasteiger partial charge in [0.05, 0.1) is 5.56 Å². The molecule has 3 heteroatoms. The molecule has 0 aliphatic heterocycles. The minimum Gasteiger partial charge on any atom is -0.398 e. The van der Waals surface area contributed by atoms with Gasteiger partial charge in [0, 0.05) is 17.9 Å². The zero-order valence-electron chi connectivity index (χ0n) is 7.96. The molecule has 0 spiro atoms. The number of nitrogens with zero attached hydrogens (tertiary/aromatic N) is 1. The van der Waals surface area contributed by atoms with Crippen LogP contribution in [0.5, 0.6) is 0 Å². The largest absolute Gasteiger partial charge is 0.398 e. The molecule has 0 radical (unpaired) electrons. The number of benzene rings is 1. The van der Waals surface area contributed by atoms with Crippen LogP contribution >= 0.6 is 0 Å². The molecule has 0 bridgehead atoms. The number of nitrogen functional groups attached to an aromatic ring is 1. The number of anilines is 2. The van der Waals surface area contributed by atoms with E-state index >= 15 is 0 Å². The molecule has 1 aromatic carbocycles. The first kappa shape index (κ1) is 8.89. The van der Waals surface area contributed by atoms with Crippen LogP contribution in [0.3, 0.4) is 0 Å². The second-order valence-electron chi connectivity index (χ2n) is 3.74. The fourth-order valence-electron chi connectivity index (χ4n) is 1.35. The number of nitrogens with two attached hydrogens (primary N) is 1. The van der Waals surface area contributed by atoms with E-state index in [1.165, 1.54) is 12.8 Å². The first-order chi connectivity index (χ1) is 6.79. The lowest BCUT2D eigenvalue weighted by Crippen LogP contribution is -2.03. The van der Waals surface area contributed by atoms with Crippen LogP contribution in [-0.4, -0.2) is 6.54 Å². The van der Waals surface area contributed by atoms with Crippen LogP contribution in [0.15, 0.2) is 18.2 Å². The number of hydrogen-bond donors (Lipinski definition) is 2. The Labute approximate surface area is 83.5 Å². The molecule has 2 rings (SSSR count). The van der Waals surface area contributed by atoms with Gasteiger partial charge in [0.25, 0.3) is 0 Å². The second kappa shape index (κ2) is 3.59. The molecule has 0 unspecified atom stereocenters. The van der Waals surface area contributed by atoms with Crippen LogP contribution in [0, 0.1) is 17.2 Å². The molecule has 3 N–H and O–H groups in total. The lowest BCUT2D eigenvalue weighted by atomic mass is 10.2. The molecule has 1 aliphatic rings. The maximum Gasteiger partial charge on any atom is 0.101 e. The van der Waals surface area contributed by atoms with E-state index in [1.807, 2.05) is 6.07 Å². The van der Waals surface area contributed by atoms with Crippen molar-refractivity contribution >= 4 is 11.4 Å². The van der Waals surface area contributed by atoms with Crippen molar-refractivity contribution in [1.29, 1.82) is 5.26 Å². The van der Waals surface area contributed by atoms with E-state index in [1.54, 1.807) is 12.1 Å². The zero-order chi connectivity index (χ0) is 9.97. The molecule has 1 aromatic rings. The van der Waals surface area contributed by atoms with Gasteiger partial charge in [-0.25, -0.2) is 0 Å². The summed E-state index contributed by atoms with van der Waals surface area (Å²) in [5.41, 5.74) is 7.70. The van der Waals surface area contributed by atoms with Crippen LogP contribution < -0.4 is 11.1 Å². The summed E-state index contributed by atoms with van der Waals surface area (Å²) >= 11 is 0. The average molecular weight is 187 g/mol. The van der Waals surface area contributed by atoms with Crippen LogP contribution in [0.4, 0.5) is 11.4 Å². The Morgan fingerprint density at radius 3 is 2.93 bits per heavy atom. The Bertz CT molecular complexity index is 375. The Morgan fingerprint density at radius 2 is 2.29 bits per heavy atom. The molecule has 72 valence electrons. The van der Waals surface area contributed by atoms with Crippen LogP contribution in [0.1, 0.15) is 18.4 Å². The molecular weight excluding hydrogens is 174 g/mol. The lowest BCUT2D eigenvalue weighted by Gasteiger charge is -2.06. The summed E-state index contributed by atoms with van der Waals surface area (Å²) in [7, 11) is 0. The summed E-state index contributed by atoms with van der Waals surface area (Å²) in [4.78, 5) is 0. The van der Waals surface area contributed by atoms with Gasteiger partial charge in [0.2, 0.25) is 0 Å². The smallest absolute Gasteiger partial charge is 0.101 e. The Kier molecular flexibility index (Phi) is 2.28. The Morgan fingerprint density at radius 1 is 1.50 bits per heavy atom. The van der Waals surface area contributed by atoms with E-state index < -0.39 is 0 Å². The van der Waals surface area contributed by atoms with Gasteiger partial charge in [-0.05, 0) is 37.0 Å². The summed E-state index contributed by atoms with van der Waals surface area (Å²) < 4.78 is 0. The van der Waals surface area contributed by atoms with E-state index in [2.05, 4.69) is 11.4 Å². The van der Waals surface area contributed by atoms with Gasteiger partial charge in [0.15, 0.2) is 0 Å². The predicted molar refractivity (Wildman–Crippen MR) is 56.8 cm³/mol. The maximum atomic E-state index is 8.77. The predicted octanol–water partition coefficient (Wildman–Crippen LogP) is 1.96. The number of nitrogens with one attached hydrogen (secondary N) is 1. The minimum absolute atomic E-state index is 0.546. The number of rotatable bonds is 3. The third kappa shape index (κ3) is 1.97. The molecule has 1 saturated carbocycles. The van der Waals surface area contributed by atoms with Crippen molar-refractivity contribution in [3.63, 3.8) is 0 Å².